The summed E-state index contributed by atoms with van der Waals surface area (Å²) in [5.41, 5.74) is 4.73. The van der Waals surface area contributed by atoms with Gasteiger partial charge in [-0.25, -0.2) is 4.99 Å². The lowest BCUT2D eigenvalue weighted by Gasteiger charge is -2.22. The number of hydrogen-bond acceptors (Lipinski definition) is 3. The Balaban J connectivity index is 1.67. The van der Waals surface area contributed by atoms with E-state index in [4.69, 9.17) is 40.4 Å². The smallest absolute Gasteiger partial charge is 0.272 e. The number of carbonyl (C=O) groups excluding carboxylic acids is 1. The average molecular weight is 526 g/mol. The normalized spacial score (nSPS) is 15.7. The topological polar surface area (TPSA) is 56.7 Å². The number of hydrogen-bond donors (Lipinski definition) is 2. The molecule has 1 heterocycles. The van der Waals surface area contributed by atoms with Crippen molar-refractivity contribution in [3.05, 3.63) is 93.5 Å². The fourth-order valence-electron chi connectivity index (χ4n) is 3.85. The number of rotatable bonds is 3. The van der Waals surface area contributed by atoms with E-state index >= 15 is 0 Å². The third-order valence-electron chi connectivity index (χ3n) is 5.80. The van der Waals surface area contributed by atoms with E-state index in [1.807, 2.05) is 30.3 Å². The van der Waals surface area contributed by atoms with Crippen molar-refractivity contribution in [3.8, 4) is 0 Å². The van der Waals surface area contributed by atoms with E-state index in [1.165, 1.54) is 5.56 Å². The highest BCUT2D eigenvalue weighted by Crippen LogP contribution is 2.32. The van der Waals surface area contributed by atoms with Gasteiger partial charge in [0.2, 0.25) is 6.17 Å². The van der Waals surface area contributed by atoms with Gasteiger partial charge < -0.3 is 15.5 Å². The zero-order valence-electron chi connectivity index (χ0n) is 19.9. The number of benzodiazepines with no additional fused rings is 1. The van der Waals surface area contributed by atoms with Gasteiger partial charge in [-0.1, -0.05) is 74.3 Å². The van der Waals surface area contributed by atoms with Crippen LogP contribution in [0.1, 0.15) is 37.5 Å². The van der Waals surface area contributed by atoms with Gasteiger partial charge in [0.1, 0.15) is 0 Å². The predicted octanol–water partition coefficient (Wildman–Crippen LogP) is 6.42. The number of amides is 1. The summed E-state index contributed by atoms with van der Waals surface area (Å²) in [4.78, 5) is 19.7. The molecule has 1 aliphatic rings. The van der Waals surface area contributed by atoms with E-state index in [-0.39, 0.29) is 16.4 Å². The SMILES string of the molecule is CN1C(=O)C(NC(=S)Nc2ccc(C(C)(C)C)cc2)N=C(c2ccccc2Cl)c2cc(Cl)ccc21. The highest BCUT2D eigenvalue weighted by atomic mass is 35.5. The molecule has 0 fully saturated rings. The van der Waals surface area contributed by atoms with Gasteiger partial charge in [-0.05, 0) is 59.6 Å². The van der Waals surface area contributed by atoms with Crippen molar-refractivity contribution in [2.75, 3.05) is 17.3 Å². The van der Waals surface area contributed by atoms with Gasteiger partial charge >= 0.3 is 0 Å². The summed E-state index contributed by atoms with van der Waals surface area (Å²) in [5, 5.41) is 7.56. The Morgan fingerprint density at radius 1 is 1.00 bits per heavy atom. The van der Waals surface area contributed by atoms with Crippen LogP contribution in [0.2, 0.25) is 10.0 Å². The molecule has 0 radical (unpaired) electrons. The van der Waals surface area contributed by atoms with Crippen LogP contribution in [0.25, 0.3) is 0 Å². The molecular formula is C27H26Cl2N4OS. The predicted molar refractivity (Wildman–Crippen MR) is 150 cm³/mol. The molecule has 0 saturated carbocycles. The van der Waals surface area contributed by atoms with Crippen LogP contribution in [0.3, 0.4) is 0 Å². The minimum Gasteiger partial charge on any atom is -0.333 e. The second-order valence-corrected chi connectivity index (χ2v) is 10.6. The van der Waals surface area contributed by atoms with Crippen molar-refractivity contribution in [1.29, 1.82) is 0 Å². The van der Waals surface area contributed by atoms with Crippen LogP contribution in [-0.4, -0.2) is 29.9 Å². The van der Waals surface area contributed by atoms with Gasteiger partial charge in [0.25, 0.3) is 5.91 Å². The summed E-state index contributed by atoms with van der Waals surface area (Å²) >= 11 is 18.4. The number of halogens is 2. The van der Waals surface area contributed by atoms with Crippen molar-refractivity contribution in [2.45, 2.75) is 32.4 Å². The van der Waals surface area contributed by atoms with Crippen molar-refractivity contribution in [1.82, 2.24) is 5.32 Å². The molecule has 4 rings (SSSR count). The molecule has 3 aromatic carbocycles. The first-order valence-corrected chi connectivity index (χ1v) is 12.3. The molecule has 8 heteroatoms. The van der Waals surface area contributed by atoms with Crippen molar-refractivity contribution in [3.63, 3.8) is 0 Å². The first kappa shape index (κ1) is 25.2. The van der Waals surface area contributed by atoms with E-state index in [2.05, 4.69) is 43.5 Å². The molecule has 1 amide bonds. The fraction of sp³-hybridized carbons (Fsp3) is 0.222. The maximum absolute atomic E-state index is 13.4. The summed E-state index contributed by atoms with van der Waals surface area (Å²) in [6.45, 7) is 6.49. The first-order chi connectivity index (χ1) is 16.5. The van der Waals surface area contributed by atoms with Crippen molar-refractivity contribution in [2.24, 2.45) is 4.99 Å². The number of aliphatic imine (C=N–C) groups is 1. The minimum atomic E-state index is -0.966. The number of nitrogens with zero attached hydrogens (tertiary/aromatic N) is 2. The zero-order chi connectivity index (χ0) is 25.3. The van der Waals surface area contributed by atoms with Crippen LogP contribution in [0.4, 0.5) is 11.4 Å². The Bertz CT molecular complexity index is 1320. The molecule has 180 valence electrons. The summed E-state index contributed by atoms with van der Waals surface area (Å²) in [6.07, 6.45) is -0.966. The largest absolute Gasteiger partial charge is 0.333 e. The number of likely N-dealkylation sites (N-methyl/N-ethyl adjacent to an activating group) is 1. The second kappa shape index (κ2) is 9.97. The summed E-state index contributed by atoms with van der Waals surface area (Å²) < 4.78 is 0. The standard InChI is InChI=1S/C27H26Cl2N4OS/c1-27(2,3)16-9-12-18(13-10-16)30-26(35)32-24-25(34)33(4)22-14-11-17(28)15-20(22)23(31-24)19-7-5-6-8-21(19)29/h5-15,24H,1-4H3,(H2,30,32,35). The lowest BCUT2D eigenvalue weighted by atomic mass is 9.87. The molecule has 35 heavy (non-hydrogen) atoms. The highest BCUT2D eigenvalue weighted by Gasteiger charge is 2.31. The summed E-state index contributed by atoms with van der Waals surface area (Å²) in [5.74, 6) is -0.261. The number of carbonyl (C=O) groups is 1. The van der Waals surface area contributed by atoms with Crippen LogP contribution in [-0.2, 0) is 10.2 Å². The summed E-state index contributed by atoms with van der Waals surface area (Å²) in [6, 6.07) is 20.8. The summed E-state index contributed by atoms with van der Waals surface area (Å²) in [7, 11) is 1.70. The van der Waals surface area contributed by atoms with Gasteiger partial charge in [-0.3, -0.25) is 4.79 Å². The monoisotopic (exact) mass is 524 g/mol. The van der Waals surface area contributed by atoms with Crippen LogP contribution in [0, 0.1) is 0 Å². The quantitative estimate of drug-likeness (QED) is 0.388. The maximum Gasteiger partial charge on any atom is 0.272 e. The fourth-order valence-corrected chi connectivity index (χ4v) is 4.48. The van der Waals surface area contributed by atoms with Gasteiger partial charge in [-0.15, -0.1) is 0 Å². The van der Waals surface area contributed by atoms with Crippen molar-refractivity contribution >= 4 is 63.5 Å². The number of anilines is 2. The molecular weight excluding hydrogens is 499 g/mol. The highest BCUT2D eigenvalue weighted by molar-refractivity contribution is 7.80. The third-order valence-corrected chi connectivity index (χ3v) is 6.59. The number of benzene rings is 3. The molecule has 0 spiro atoms. The lowest BCUT2D eigenvalue weighted by Crippen LogP contribution is -2.47. The van der Waals surface area contributed by atoms with Gasteiger partial charge in [-0.2, -0.15) is 0 Å². The maximum atomic E-state index is 13.4. The Hall–Kier alpha value is -2.93. The average Bonchev–Trinajstić information content (AvgIpc) is 2.89. The molecule has 3 aromatic rings. The number of thiocarbonyl (C=S) groups is 1. The Morgan fingerprint density at radius 2 is 1.69 bits per heavy atom. The van der Waals surface area contributed by atoms with Gasteiger partial charge in [0, 0.05) is 33.9 Å². The molecule has 5 nitrogen and oxygen atoms in total. The zero-order valence-corrected chi connectivity index (χ0v) is 22.2. The minimum absolute atomic E-state index is 0.0520. The first-order valence-electron chi connectivity index (χ1n) is 11.1. The van der Waals surface area contributed by atoms with E-state index in [0.717, 1.165) is 5.69 Å². The van der Waals surface area contributed by atoms with Crippen LogP contribution >= 0.6 is 35.4 Å². The van der Waals surface area contributed by atoms with Gasteiger partial charge in [0.05, 0.1) is 11.4 Å². The Kier molecular flexibility index (Phi) is 7.17. The van der Waals surface area contributed by atoms with Crippen LogP contribution in [0.15, 0.2) is 71.7 Å². The number of fused-ring (bicyclic) bond motifs is 1. The van der Waals surface area contributed by atoms with Crippen LogP contribution < -0.4 is 15.5 Å². The second-order valence-electron chi connectivity index (χ2n) is 9.34. The molecule has 0 bridgehead atoms. The molecule has 0 saturated heterocycles. The van der Waals surface area contributed by atoms with E-state index in [1.54, 1.807) is 36.2 Å². The van der Waals surface area contributed by atoms with E-state index < -0.39 is 6.17 Å². The number of nitrogens with one attached hydrogen (secondary N) is 2. The van der Waals surface area contributed by atoms with E-state index in [9.17, 15) is 4.79 Å². The molecule has 1 unspecified atom stereocenters. The van der Waals surface area contributed by atoms with E-state index in [0.29, 0.717) is 32.6 Å². The lowest BCUT2D eigenvalue weighted by molar-refractivity contribution is -0.119. The third kappa shape index (κ3) is 5.50. The molecule has 2 N–H and O–H groups in total. The molecule has 1 aliphatic heterocycles. The molecule has 0 aliphatic carbocycles. The van der Waals surface area contributed by atoms with Crippen LogP contribution in [0.5, 0.6) is 0 Å². The Morgan fingerprint density at radius 3 is 2.34 bits per heavy atom. The Labute approximate surface area is 221 Å². The van der Waals surface area contributed by atoms with Crippen molar-refractivity contribution < 1.29 is 4.79 Å². The van der Waals surface area contributed by atoms with Gasteiger partial charge in [0.15, 0.2) is 5.11 Å². The molecule has 0 aromatic heterocycles. The molecule has 1 atom stereocenters.